The van der Waals surface area contributed by atoms with Crippen molar-refractivity contribution in [1.82, 2.24) is 24.3 Å². The molecule has 0 aliphatic carbocycles. The van der Waals surface area contributed by atoms with Crippen molar-refractivity contribution in [3.05, 3.63) is 34.6 Å². The number of rotatable bonds is 1. The lowest BCUT2D eigenvalue weighted by atomic mass is 10.3. The molecule has 3 aromatic rings. The van der Waals surface area contributed by atoms with Crippen LogP contribution in [0, 0.1) is 0 Å². The van der Waals surface area contributed by atoms with Gasteiger partial charge in [-0.15, -0.1) is 5.10 Å². The molecule has 0 amide bonds. The molecule has 0 bridgehead atoms. The van der Waals surface area contributed by atoms with Crippen LogP contribution in [0.15, 0.2) is 23.3 Å². The molecule has 3 rings (SSSR count). The van der Waals surface area contributed by atoms with E-state index in [-0.39, 0.29) is 5.56 Å². The lowest BCUT2D eigenvalue weighted by Gasteiger charge is -2.01. The Bertz CT molecular complexity index is 771. The molecule has 0 unspecified atom stereocenters. The number of nitrogens with two attached hydrogens (primary N) is 1. The van der Waals surface area contributed by atoms with Crippen molar-refractivity contribution >= 4 is 16.7 Å². The average Bonchev–Trinajstić information content (AvgIpc) is 2.76. The minimum Gasteiger partial charge on any atom is -0.336 e. The molecule has 3 aromatic heterocycles. The summed E-state index contributed by atoms with van der Waals surface area (Å²) in [5, 5.41) is 4.71. The lowest BCUT2D eigenvalue weighted by Crippen LogP contribution is -2.26. The van der Waals surface area contributed by atoms with Crippen molar-refractivity contribution in [1.29, 1.82) is 0 Å². The molecule has 0 aliphatic rings. The van der Waals surface area contributed by atoms with E-state index in [0.29, 0.717) is 22.5 Å². The molecule has 0 aliphatic heterocycles. The molecule has 0 saturated carbocycles. The summed E-state index contributed by atoms with van der Waals surface area (Å²) in [6.07, 6.45) is 3.70. The first-order valence-corrected chi connectivity index (χ1v) is 5.22. The Balaban J connectivity index is 2.51. The van der Waals surface area contributed by atoms with Crippen LogP contribution in [0.2, 0.25) is 0 Å². The van der Waals surface area contributed by atoms with Gasteiger partial charge in [-0.05, 0) is 6.07 Å². The fourth-order valence-corrected chi connectivity index (χ4v) is 1.73. The normalized spacial score (nSPS) is 11.4. The minimum atomic E-state index is -0.301. The van der Waals surface area contributed by atoms with Gasteiger partial charge in [-0.25, -0.2) is 9.66 Å². The highest BCUT2D eigenvalue weighted by atomic mass is 16.1. The van der Waals surface area contributed by atoms with Crippen LogP contribution in [0.4, 0.5) is 0 Å². The predicted molar refractivity (Wildman–Crippen MR) is 62.1 cm³/mol. The first kappa shape index (κ1) is 9.76. The summed E-state index contributed by atoms with van der Waals surface area (Å²) in [6.45, 7) is 1.96. The molecule has 0 radical (unpaired) electrons. The van der Waals surface area contributed by atoms with E-state index in [1.807, 2.05) is 6.92 Å². The van der Waals surface area contributed by atoms with Crippen molar-refractivity contribution in [2.75, 3.05) is 5.84 Å². The smallest absolute Gasteiger partial charge is 0.279 e. The van der Waals surface area contributed by atoms with E-state index in [4.69, 9.17) is 5.84 Å². The molecule has 17 heavy (non-hydrogen) atoms. The van der Waals surface area contributed by atoms with Crippen molar-refractivity contribution < 1.29 is 0 Å². The van der Waals surface area contributed by atoms with Crippen molar-refractivity contribution in [2.45, 2.75) is 13.3 Å². The van der Waals surface area contributed by atoms with E-state index < -0.39 is 0 Å². The molecule has 86 valence electrons. The van der Waals surface area contributed by atoms with Gasteiger partial charge in [0.1, 0.15) is 0 Å². The van der Waals surface area contributed by atoms with E-state index in [1.165, 1.54) is 12.4 Å². The van der Waals surface area contributed by atoms with Crippen molar-refractivity contribution in [3.8, 4) is 0 Å². The summed E-state index contributed by atoms with van der Waals surface area (Å²) in [6, 6.07) is 1.72. The van der Waals surface area contributed by atoms with Gasteiger partial charge < -0.3 is 5.84 Å². The van der Waals surface area contributed by atoms with Gasteiger partial charge in [0, 0.05) is 18.8 Å². The second kappa shape index (κ2) is 3.27. The lowest BCUT2D eigenvalue weighted by molar-refractivity contribution is 0.894. The van der Waals surface area contributed by atoms with Crippen molar-refractivity contribution in [2.24, 2.45) is 0 Å². The maximum absolute atomic E-state index is 11.8. The molecule has 0 spiro atoms. The monoisotopic (exact) mass is 230 g/mol. The van der Waals surface area contributed by atoms with Crippen LogP contribution in [-0.4, -0.2) is 24.3 Å². The van der Waals surface area contributed by atoms with Gasteiger partial charge in [-0.1, -0.05) is 6.92 Å². The summed E-state index contributed by atoms with van der Waals surface area (Å²) in [5.74, 6) is 6.68. The average molecular weight is 230 g/mol. The first-order valence-electron chi connectivity index (χ1n) is 5.22. The maximum atomic E-state index is 11.8. The van der Waals surface area contributed by atoms with Crippen LogP contribution in [0.3, 0.4) is 0 Å². The molecule has 2 N–H and O–H groups in total. The molecular weight excluding hydrogens is 220 g/mol. The highest BCUT2D eigenvalue weighted by molar-refractivity contribution is 5.78. The largest absolute Gasteiger partial charge is 0.336 e. The molecule has 3 heterocycles. The Morgan fingerprint density at radius 1 is 1.47 bits per heavy atom. The Hall–Kier alpha value is -2.44. The van der Waals surface area contributed by atoms with Crippen LogP contribution in [0.25, 0.3) is 16.7 Å². The number of aromatic nitrogens is 5. The highest BCUT2D eigenvalue weighted by Gasteiger charge is 2.09. The van der Waals surface area contributed by atoms with Crippen LogP contribution in [0.1, 0.15) is 12.7 Å². The van der Waals surface area contributed by atoms with Gasteiger partial charge in [0.25, 0.3) is 11.3 Å². The summed E-state index contributed by atoms with van der Waals surface area (Å²) < 4.78 is 2.59. The van der Waals surface area contributed by atoms with E-state index in [2.05, 4.69) is 15.1 Å². The second-order valence-corrected chi connectivity index (χ2v) is 3.68. The van der Waals surface area contributed by atoms with Gasteiger partial charge in [-0.2, -0.15) is 9.50 Å². The van der Waals surface area contributed by atoms with Crippen molar-refractivity contribution in [3.63, 3.8) is 0 Å². The molecule has 0 saturated heterocycles. The molecule has 7 nitrogen and oxygen atoms in total. The van der Waals surface area contributed by atoms with Gasteiger partial charge in [-0.3, -0.25) is 4.79 Å². The Morgan fingerprint density at radius 3 is 3.06 bits per heavy atom. The number of aryl methyl sites for hydroxylation is 1. The summed E-state index contributed by atoms with van der Waals surface area (Å²) in [5.41, 5.74) is 0.361. The number of fused-ring (bicyclic) bond motifs is 3. The zero-order chi connectivity index (χ0) is 12.0. The van der Waals surface area contributed by atoms with Crippen LogP contribution >= 0.6 is 0 Å². The Kier molecular flexibility index (Phi) is 1.88. The zero-order valence-corrected chi connectivity index (χ0v) is 9.16. The van der Waals surface area contributed by atoms with E-state index in [1.54, 1.807) is 10.6 Å². The minimum absolute atomic E-state index is 0.301. The van der Waals surface area contributed by atoms with E-state index in [9.17, 15) is 4.79 Å². The standard InChI is InChI=1S/C10H10N6O/c1-2-8-13-10-12-5-6-7(16(10)14-8)3-4-15(11)9(6)17/h3-5H,2,11H2,1H3. The SMILES string of the molecule is CCc1nc2ncc3c(=O)n(N)ccc3n2n1. The second-order valence-electron chi connectivity index (χ2n) is 3.68. The summed E-state index contributed by atoms with van der Waals surface area (Å²) in [4.78, 5) is 20.1. The third-order valence-corrected chi connectivity index (χ3v) is 2.62. The fourth-order valence-electron chi connectivity index (χ4n) is 1.73. The van der Waals surface area contributed by atoms with Crippen LogP contribution in [-0.2, 0) is 6.42 Å². The van der Waals surface area contributed by atoms with Crippen LogP contribution in [0.5, 0.6) is 0 Å². The quantitative estimate of drug-likeness (QED) is 0.580. The number of pyridine rings is 1. The highest BCUT2D eigenvalue weighted by Crippen LogP contribution is 2.09. The zero-order valence-electron chi connectivity index (χ0n) is 9.16. The van der Waals surface area contributed by atoms with Gasteiger partial charge >= 0.3 is 0 Å². The third-order valence-electron chi connectivity index (χ3n) is 2.62. The topological polar surface area (TPSA) is 91.1 Å². The van der Waals surface area contributed by atoms with Gasteiger partial charge in [0.15, 0.2) is 5.82 Å². The number of hydrogen-bond acceptors (Lipinski definition) is 5. The summed E-state index contributed by atoms with van der Waals surface area (Å²) >= 11 is 0. The third kappa shape index (κ3) is 1.28. The Labute approximate surface area is 95.5 Å². The van der Waals surface area contributed by atoms with E-state index >= 15 is 0 Å². The molecule has 0 fully saturated rings. The number of nitrogen functional groups attached to an aromatic ring is 1. The Morgan fingerprint density at radius 2 is 2.29 bits per heavy atom. The van der Waals surface area contributed by atoms with Gasteiger partial charge in [0.05, 0.1) is 10.9 Å². The fraction of sp³-hybridized carbons (Fsp3) is 0.200. The molecular formula is C10H10N6O. The first-order chi connectivity index (χ1) is 8.20. The summed E-state index contributed by atoms with van der Waals surface area (Å²) in [7, 11) is 0. The van der Waals surface area contributed by atoms with Gasteiger partial charge in [0.2, 0.25) is 0 Å². The molecule has 0 atom stereocenters. The predicted octanol–water partition coefficient (Wildman–Crippen LogP) is -0.285. The molecule has 7 heteroatoms. The number of hydrogen-bond donors (Lipinski definition) is 1. The number of nitrogens with zero attached hydrogens (tertiary/aromatic N) is 5. The van der Waals surface area contributed by atoms with Crippen LogP contribution < -0.4 is 11.4 Å². The molecule has 0 aromatic carbocycles. The van der Waals surface area contributed by atoms with E-state index in [0.717, 1.165) is 11.1 Å². The maximum Gasteiger partial charge on any atom is 0.279 e.